The molecule has 0 aliphatic heterocycles. The number of methoxy groups -OCH3 is 1. The van der Waals surface area contributed by atoms with Crippen LogP contribution in [0, 0.1) is 13.8 Å². The first-order valence-electron chi connectivity index (χ1n) is 9.38. The quantitative estimate of drug-likeness (QED) is 0.496. The molecule has 0 radical (unpaired) electrons. The van der Waals surface area contributed by atoms with E-state index in [-0.39, 0.29) is 18.0 Å². The number of fused-ring (bicyclic) bond motifs is 3. The van der Waals surface area contributed by atoms with Crippen molar-refractivity contribution in [2.75, 3.05) is 7.11 Å². The van der Waals surface area contributed by atoms with Gasteiger partial charge in [-0.25, -0.2) is 9.59 Å². The summed E-state index contributed by atoms with van der Waals surface area (Å²) >= 11 is 0. The van der Waals surface area contributed by atoms with E-state index in [1.54, 1.807) is 13.0 Å². The van der Waals surface area contributed by atoms with Crippen molar-refractivity contribution >= 4 is 16.9 Å². The monoisotopic (exact) mass is 382 g/mol. The van der Waals surface area contributed by atoms with Gasteiger partial charge in [-0.2, -0.15) is 0 Å². The molecule has 0 N–H and O–H groups in total. The highest BCUT2D eigenvalue weighted by atomic mass is 16.5. The van der Waals surface area contributed by atoms with Crippen LogP contribution in [-0.2, 0) is 24.2 Å². The Hall–Kier alpha value is -3.02. The molecule has 0 atom stereocenters. The third-order valence-corrected chi connectivity index (χ3v) is 5.38. The predicted molar refractivity (Wildman–Crippen MR) is 103 cm³/mol. The van der Waals surface area contributed by atoms with E-state index in [0.717, 1.165) is 53.3 Å². The van der Waals surface area contributed by atoms with Crippen molar-refractivity contribution in [2.24, 2.45) is 0 Å². The Bertz CT molecular complexity index is 1120. The molecule has 28 heavy (non-hydrogen) atoms. The van der Waals surface area contributed by atoms with E-state index in [0.29, 0.717) is 17.1 Å². The van der Waals surface area contributed by atoms with Gasteiger partial charge in [0.15, 0.2) is 0 Å². The van der Waals surface area contributed by atoms with E-state index in [1.807, 2.05) is 19.1 Å². The first-order chi connectivity index (χ1) is 13.5. The molecule has 0 saturated heterocycles. The third kappa shape index (κ3) is 3.09. The van der Waals surface area contributed by atoms with Gasteiger partial charge in [-0.05, 0) is 63.3 Å². The summed E-state index contributed by atoms with van der Waals surface area (Å²) in [5, 5.41) is 0.992. The van der Waals surface area contributed by atoms with Crippen molar-refractivity contribution in [3.8, 4) is 5.75 Å². The summed E-state index contributed by atoms with van der Waals surface area (Å²) in [5.74, 6) is 0.848. The highest BCUT2D eigenvalue weighted by Crippen LogP contribution is 2.33. The number of hydrogen-bond acceptors (Lipinski definition) is 6. The summed E-state index contributed by atoms with van der Waals surface area (Å²) in [6, 6.07) is 5.49. The zero-order valence-corrected chi connectivity index (χ0v) is 16.2. The Kier molecular flexibility index (Phi) is 4.71. The number of carbonyl (C=O) groups excluding carboxylic acids is 1. The first kappa shape index (κ1) is 18.3. The lowest BCUT2D eigenvalue weighted by molar-refractivity contribution is 0.0563. The van der Waals surface area contributed by atoms with Crippen LogP contribution in [0.5, 0.6) is 5.75 Å². The number of rotatable bonds is 4. The Balaban J connectivity index is 1.65. The number of benzene rings is 1. The van der Waals surface area contributed by atoms with Crippen LogP contribution < -0.4 is 10.4 Å². The Morgan fingerprint density at radius 2 is 1.86 bits per heavy atom. The van der Waals surface area contributed by atoms with Gasteiger partial charge in [-0.1, -0.05) is 0 Å². The average Bonchev–Trinajstić information content (AvgIpc) is 3.08. The minimum atomic E-state index is -0.525. The van der Waals surface area contributed by atoms with Crippen LogP contribution in [0.3, 0.4) is 0 Å². The van der Waals surface area contributed by atoms with Gasteiger partial charge in [0, 0.05) is 22.1 Å². The summed E-state index contributed by atoms with van der Waals surface area (Å²) in [5.41, 5.74) is 3.82. The van der Waals surface area contributed by atoms with E-state index in [4.69, 9.17) is 13.6 Å². The summed E-state index contributed by atoms with van der Waals surface area (Å²) in [6.45, 7) is 3.88. The van der Waals surface area contributed by atoms with E-state index < -0.39 is 5.97 Å². The molecule has 1 aliphatic carbocycles. The number of furan rings is 1. The molecule has 0 amide bonds. The van der Waals surface area contributed by atoms with Crippen LogP contribution in [0.2, 0.25) is 0 Å². The molecule has 1 aromatic carbocycles. The van der Waals surface area contributed by atoms with Crippen molar-refractivity contribution in [1.82, 2.24) is 0 Å². The fraction of sp³-hybridized carbons (Fsp3) is 0.364. The largest absolute Gasteiger partial charge is 0.488 e. The number of ether oxygens (including phenoxy) is 2. The minimum absolute atomic E-state index is 0.145. The second-order valence-electron chi connectivity index (χ2n) is 7.09. The zero-order valence-electron chi connectivity index (χ0n) is 16.2. The van der Waals surface area contributed by atoms with E-state index in [2.05, 4.69) is 4.74 Å². The molecule has 6 heteroatoms. The van der Waals surface area contributed by atoms with E-state index >= 15 is 0 Å². The van der Waals surface area contributed by atoms with Gasteiger partial charge in [0.05, 0.1) is 7.11 Å². The fourth-order valence-electron chi connectivity index (χ4n) is 3.80. The molecule has 1 aliphatic rings. The van der Waals surface area contributed by atoms with Crippen molar-refractivity contribution < 1.29 is 23.1 Å². The molecule has 6 nitrogen and oxygen atoms in total. The van der Waals surface area contributed by atoms with Crippen LogP contribution in [0.25, 0.3) is 11.0 Å². The van der Waals surface area contributed by atoms with Gasteiger partial charge in [-0.3, -0.25) is 0 Å². The zero-order chi connectivity index (χ0) is 19.8. The molecule has 0 bridgehead atoms. The van der Waals surface area contributed by atoms with Crippen molar-refractivity contribution in [2.45, 2.75) is 46.1 Å². The van der Waals surface area contributed by atoms with Crippen molar-refractivity contribution in [1.29, 1.82) is 0 Å². The standard InChI is InChI=1S/C22H22O6/c1-12-18(26-11-14-10-19(22(24)25-3)27-13(14)2)9-8-16-15-6-4-5-7-17(15)21(23)28-20(12)16/h8-10H,4-7,11H2,1-3H3. The van der Waals surface area contributed by atoms with Crippen molar-refractivity contribution in [3.05, 3.63) is 62.4 Å². The molecular weight excluding hydrogens is 360 g/mol. The molecule has 0 unspecified atom stereocenters. The summed E-state index contributed by atoms with van der Waals surface area (Å²) in [6.07, 6.45) is 3.81. The second-order valence-corrected chi connectivity index (χ2v) is 7.09. The number of aryl methyl sites for hydroxylation is 3. The predicted octanol–water partition coefficient (Wildman–Crippen LogP) is 4.25. The maximum Gasteiger partial charge on any atom is 0.373 e. The van der Waals surface area contributed by atoms with Crippen LogP contribution >= 0.6 is 0 Å². The van der Waals surface area contributed by atoms with Crippen LogP contribution in [0.15, 0.2) is 31.8 Å². The average molecular weight is 382 g/mol. The second kappa shape index (κ2) is 7.19. The lowest BCUT2D eigenvalue weighted by Crippen LogP contribution is -2.16. The molecule has 0 spiro atoms. The highest BCUT2D eigenvalue weighted by molar-refractivity contribution is 5.87. The minimum Gasteiger partial charge on any atom is -0.488 e. The van der Waals surface area contributed by atoms with Gasteiger partial charge in [-0.15, -0.1) is 0 Å². The topological polar surface area (TPSA) is 78.9 Å². The van der Waals surface area contributed by atoms with Crippen LogP contribution in [-0.4, -0.2) is 13.1 Å². The molecule has 0 fully saturated rings. The summed E-state index contributed by atoms with van der Waals surface area (Å²) < 4.78 is 21.7. The van der Waals surface area contributed by atoms with E-state index in [1.165, 1.54) is 7.11 Å². The molecular formula is C22H22O6. The van der Waals surface area contributed by atoms with Gasteiger partial charge >= 0.3 is 11.6 Å². The first-order valence-corrected chi connectivity index (χ1v) is 9.38. The summed E-state index contributed by atoms with van der Waals surface area (Å²) in [7, 11) is 1.31. The fourth-order valence-corrected chi connectivity index (χ4v) is 3.80. The third-order valence-electron chi connectivity index (χ3n) is 5.38. The van der Waals surface area contributed by atoms with Crippen LogP contribution in [0.4, 0.5) is 0 Å². The molecule has 3 aromatic rings. The number of hydrogen-bond donors (Lipinski definition) is 0. The molecule has 2 aromatic heterocycles. The Labute approximate surface area is 162 Å². The van der Waals surface area contributed by atoms with Gasteiger partial charge < -0.3 is 18.3 Å². The number of carbonyl (C=O) groups is 1. The maximum atomic E-state index is 12.4. The van der Waals surface area contributed by atoms with Gasteiger partial charge in [0.2, 0.25) is 5.76 Å². The van der Waals surface area contributed by atoms with E-state index in [9.17, 15) is 9.59 Å². The van der Waals surface area contributed by atoms with Crippen LogP contribution in [0.1, 0.15) is 51.4 Å². The Morgan fingerprint density at radius 3 is 2.61 bits per heavy atom. The lowest BCUT2D eigenvalue weighted by atomic mass is 9.90. The number of esters is 1. The van der Waals surface area contributed by atoms with Crippen molar-refractivity contribution in [3.63, 3.8) is 0 Å². The summed E-state index contributed by atoms with van der Waals surface area (Å²) in [4.78, 5) is 24.0. The molecule has 146 valence electrons. The van der Waals surface area contributed by atoms with Gasteiger partial charge in [0.1, 0.15) is 23.7 Å². The lowest BCUT2D eigenvalue weighted by Gasteiger charge is -2.18. The molecule has 0 saturated carbocycles. The normalized spacial score (nSPS) is 13.4. The smallest absolute Gasteiger partial charge is 0.373 e. The van der Waals surface area contributed by atoms with Gasteiger partial charge in [0.25, 0.3) is 0 Å². The highest BCUT2D eigenvalue weighted by Gasteiger charge is 2.20. The maximum absolute atomic E-state index is 12.4. The molecule has 2 heterocycles. The molecule has 4 rings (SSSR count). The SMILES string of the molecule is COC(=O)c1cc(COc2ccc3c4c(c(=O)oc3c2C)CCCC4)c(C)o1. The Morgan fingerprint density at radius 1 is 1.11 bits per heavy atom.